The Kier molecular flexibility index (Phi) is 8.83. The zero-order valence-electron chi connectivity index (χ0n) is 21.0. The first-order valence-corrected chi connectivity index (χ1v) is 14.3. The van der Waals surface area contributed by atoms with E-state index in [0.29, 0.717) is 5.75 Å². The summed E-state index contributed by atoms with van der Waals surface area (Å²) < 4.78 is 33.4. The normalized spacial score (nSPS) is 13.1. The van der Waals surface area contributed by atoms with Crippen molar-refractivity contribution >= 4 is 27.8 Å². The van der Waals surface area contributed by atoms with Gasteiger partial charge in [0.1, 0.15) is 11.8 Å². The van der Waals surface area contributed by atoms with Gasteiger partial charge >= 0.3 is 5.97 Å². The van der Waals surface area contributed by atoms with Gasteiger partial charge in [-0.25, -0.2) is 8.42 Å². The predicted octanol–water partition coefficient (Wildman–Crippen LogP) is 5.51. The lowest BCUT2D eigenvalue weighted by Crippen LogP contribution is -2.45. The van der Waals surface area contributed by atoms with Crippen molar-refractivity contribution in [2.24, 2.45) is 0 Å². The van der Waals surface area contributed by atoms with Gasteiger partial charge in [0.15, 0.2) is 0 Å². The average molecular weight is 549 g/mol. The molecule has 0 bridgehead atoms. The number of carboxylic acids is 1. The van der Waals surface area contributed by atoms with Crippen molar-refractivity contribution in [2.75, 3.05) is 14.2 Å². The number of nitrogens with zero attached hydrogens (tertiary/aromatic N) is 2. The minimum absolute atomic E-state index is 0.0209. The molecule has 4 aromatic rings. The Bertz CT molecular complexity index is 1450. The number of aliphatic carboxylic acids is 1. The SMILES string of the molecule is COc1ccc(-c2ccc(S(=O)(=O)N(C)[C@@H](C(=O)O)[C@H](SCc3cccnc3)c3ccccc3)cc2)cc1. The third-order valence-corrected chi connectivity index (χ3v) is 9.41. The topological polar surface area (TPSA) is 96.8 Å². The van der Waals surface area contributed by atoms with E-state index in [0.717, 1.165) is 32.3 Å². The van der Waals surface area contributed by atoms with E-state index < -0.39 is 27.3 Å². The molecular weight excluding hydrogens is 520 g/mol. The molecule has 0 spiro atoms. The molecule has 0 fully saturated rings. The molecular formula is C29H28N2O5S2. The summed E-state index contributed by atoms with van der Waals surface area (Å²) >= 11 is 1.37. The molecule has 38 heavy (non-hydrogen) atoms. The summed E-state index contributed by atoms with van der Waals surface area (Å²) in [5.41, 5.74) is 3.38. The van der Waals surface area contributed by atoms with E-state index in [1.807, 2.05) is 66.7 Å². The first-order valence-electron chi connectivity index (χ1n) is 11.8. The number of pyridine rings is 1. The second-order valence-corrected chi connectivity index (χ2v) is 11.7. The van der Waals surface area contributed by atoms with Gasteiger partial charge in [-0.1, -0.05) is 60.7 Å². The molecule has 2 atom stereocenters. The number of hydrogen-bond donors (Lipinski definition) is 1. The molecule has 1 heterocycles. The van der Waals surface area contributed by atoms with Gasteiger partial charge in [0.25, 0.3) is 0 Å². The molecule has 0 aliphatic carbocycles. The standard InChI is InChI=1S/C29H28N2O5S2/c1-31(38(34,35)26-16-12-23(13-17-26)22-10-14-25(36-2)15-11-22)27(29(32)33)28(24-8-4-3-5-9-24)37-20-21-7-6-18-30-19-21/h3-19,27-28H,20H2,1-2H3,(H,32,33)/t27-,28-/m1/s1. The number of benzene rings is 3. The third-order valence-electron chi connectivity index (χ3n) is 6.17. The fraction of sp³-hybridized carbons (Fsp3) is 0.172. The molecule has 0 unspecified atom stereocenters. The lowest BCUT2D eigenvalue weighted by atomic mass is 10.1. The number of carboxylic acid groups (broad SMARTS) is 1. The van der Waals surface area contributed by atoms with E-state index >= 15 is 0 Å². The Morgan fingerprint density at radius 2 is 1.58 bits per heavy atom. The van der Waals surface area contributed by atoms with Crippen LogP contribution < -0.4 is 4.74 Å². The van der Waals surface area contributed by atoms with Crippen LogP contribution in [0, 0.1) is 0 Å². The average Bonchev–Trinajstić information content (AvgIpc) is 2.96. The van der Waals surface area contributed by atoms with Crippen molar-refractivity contribution in [1.29, 1.82) is 0 Å². The van der Waals surface area contributed by atoms with E-state index in [1.54, 1.807) is 31.6 Å². The quantitative estimate of drug-likeness (QED) is 0.264. The molecule has 4 rings (SSSR count). The monoisotopic (exact) mass is 548 g/mol. The van der Waals surface area contributed by atoms with Crippen molar-refractivity contribution < 1.29 is 23.1 Å². The second kappa shape index (κ2) is 12.3. The first kappa shape index (κ1) is 27.4. The lowest BCUT2D eigenvalue weighted by molar-refractivity contribution is -0.141. The maximum absolute atomic E-state index is 13.6. The molecule has 0 aliphatic rings. The smallest absolute Gasteiger partial charge is 0.323 e. The fourth-order valence-corrected chi connectivity index (χ4v) is 6.85. The summed E-state index contributed by atoms with van der Waals surface area (Å²) in [4.78, 5) is 16.7. The number of methoxy groups -OCH3 is 1. The van der Waals surface area contributed by atoms with Gasteiger partial charge in [0, 0.05) is 25.2 Å². The number of ether oxygens (including phenoxy) is 1. The number of carbonyl (C=O) groups is 1. The van der Waals surface area contributed by atoms with Gasteiger partial charge in [-0.3, -0.25) is 9.78 Å². The summed E-state index contributed by atoms with van der Waals surface area (Å²) in [5, 5.41) is 9.62. The van der Waals surface area contributed by atoms with Crippen LogP contribution in [0.25, 0.3) is 11.1 Å². The van der Waals surface area contributed by atoms with Gasteiger partial charge in [-0.15, -0.1) is 11.8 Å². The molecule has 0 amide bonds. The number of aromatic nitrogens is 1. The largest absolute Gasteiger partial charge is 0.497 e. The molecule has 0 radical (unpaired) electrons. The van der Waals surface area contributed by atoms with Crippen LogP contribution in [0.3, 0.4) is 0 Å². The van der Waals surface area contributed by atoms with E-state index in [4.69, 9.17) is 4.74 Å². The van der Waals surface area contributed by atoms with Crippen molar-refractivity contribution in [1.82, 2.24) is 9.29 Å². The van der Waals surface area contributed by atoms with Gasteiger partial charge in [-0.05, 0) is 52.6 Å². The summed E-state index contributed by atoms with van der Waals surface area (Å²) in [7, 11) is -1.20. The van der Waals surface area contributed by atoms with E-state index in [2.05, 4.69) is 4.98 Å². The van der Waals surface area contributed by atoms with Crippen LogP contribution in [-0.4, -0.2) is 49.0 Å². The Labute approximate surface area is 227 Å². The van der Waals surface area contributed by atoms with E-state index in [-0.39, 0.29) is 4.90 Å². The van der Waals surface area contributed by atoms with Gasteiger partial charge in [0.2, 0.25) is 10.0 Å². The molecule has 0 saturated carbocycles. The Morgan fingerprint density at radius 3 is 2.13 bits per heavy atom. The Balaban J connectivity index is 1.63. The summed E-state index contributed by atoms with van der Waals surface area (Å²) in [6.07, 6.45) is 3.39. The zero-order valence-corrected chi connectivity index (χ0v) is 22.6. The second-order valence-electron chi connectivity index (χ2n) is 8.56. The van der Waals surface area contributed by atoms with Crippen LogP contribution >= 0.6 is 11.8 Å². The van der Waals surface area contributed by atoms with E-state index in [1.165, 1.54) is 30.9 Å². The van der Waals surface area contributed by atoms with Crippen LogP contribution in [-0.2, 0) is 20.6 Å². The summed E-state index contributed by atoms with van der Waals surface area (Å²) in [6, 6.07) is 25.4. The maximum Gasteiger partial charge on any atom is 0.323 e. The highest BCUT2D eigenvalue weighted by atomic mass is 32.2. The number of rotatable bonds is 11. The van der Waals surface area contributed by atoms with Crippen molar-refractivity contribution in [3.8, 4) is 16.9 Å². The van der Waals surface area contributed by atoms with Gasteiger partial charge in [0.05, 0.1) is 17.3 Å². The first-order chi connectivity index (χ1) is 18.3. The van der Waals surface area contributed by atoms with Crippen LogP contribution in [0.15, 0.2) is 108 Å². The number of hydrogen-bond acceptors (Lipinski definition) is 6. The van der Waals surface area contributed by atoms with Crippen molar-refractivity contribution in [3.05, 3.63) is 115 Å². The molecule has 1 aromatic heterocycles. The zero-order chi connectivity index (χ0) is 27.1. The van der Waals surface area contributed by atoms with Crippen molar-refractivity contribution in [3.63, 3.8) is 0 Å². The molecule has 0 saturated heterocycles. The fourth-order valence-electron chi connectivity index (χ4n) is 4.08. The number of sulfonamides is 1. The molecule has 7 nitrogen and oxygen atoms in total. The molecule has 9 heteroatoms. The number of likely N-dealkylation sites (N-methyl/N-ethyl adjacent to an activating group) is 1. The highest BCUT2D eigenvalue weighted by molar-refractivity contribution is 7.98. The molecule has 3 aromatic carbocycles. The number of thioether (sulfide) groups is 1. The van der Waals surface area contributed by atoms with Gasteiger partial charge in [-0.2, -0.15) is 4.31 Å². The third kappa shape index (κ3) is 6.24. The minimum Gasteiger partial charge on any atom is -0.497 e. The maximum atomic E-state index is 13.6. The lowest BCUT2D eigenvalue weighted by Gasteiger charge is -2.31. The summed E-state index contributed by atoms with van der Waals surface area (Å²) in [6.45, 7) is 0. The predicted molar refractivity (Wildman–Crippen MR) is 150 cm³/mol. The van der Waals surface area contributed by atoms with Crippen molar-refractivity contribution in [2.45, 2.75) is 21.9 Å². The highest BCUT2D eigenvalue weighted by Gasteiger charge is 2.39. The molecule has 0 aliphatic heterocycles. The highest BCUT2D eigenvalue weighted by Crippen LogP contribution is 2.38. The Hall–Kier alpha value is -3.66. The van der Waals surface area contributed by atoms with Crippen LogP contribution in [0.1, 0.15) is 16.4 Å². The van der Waals surface area contributed by atoms with Crippen LogP contribution in [0.4, 0.5) is 0 Å². The van der Waals surface area contributed by atoms with Gasteiger partial charge < -0.3 is 9.84 Å². The van der Waals surface area contributed by atoms with E-state index in [9.17, 15) is 18.3 Å². The van der Waals surface area contributed by atoms with Crippen LogP contribution in [0.2, 0.25) is 0 Å². The van der Waals surface area contributed by atoms with Crippen LogP contribution in [0.5, 0.6) is 5.75 Å². The minimum atomic E-state index is -4.12. The Morgan fingerprint density at radius 1 is 0.947 bits per heavy atom. The molecule has 1 N–H and O–H groups in total. The molecule has 196 valence electrons. The summed E-state index contributed by atoms with van der Waals surface area (Å²) in [5.74, 6) is -0.0242.